The van der Waals surface area contributed by atoms with Crippen LogP contribution in [0.3, 0.4) is 0 Å². The number of hydrogen-bond acceptors (Lipinski definition) is 5. The van der Waals surface area contributed by atoms with Crippen LogP contribution in [0.2, 0.25) is 0 Å². The second-order valence-corrected chi connectivity index (χ2v) is 5.15. The highest BCUT2D eigenvalue weighted by Crippen LogP contribution is 2.34. The minimum Gasteiger partial charge on any atom is -0.361 e. The van der Waals surface area contributed by atoms with Crippen LogP contribution in [0.4, 0.5) is 0 Å². The van der Waals surface area contributed by atoms with Crippen molar-refractivity contribution < 1.29 is 4.52 Å². The highest BCUT2D eigenvalue weighted by Gasteiger charge is 2.16. The van der Waals surface area contributed by atoms with Crippen LogP contribution in [0.25, 0.3) is 33.3 Å². The van der Waals surface area contributed by atoms with E-state index in [1.54, 1.807) is 18.7 Å². The Morgan fingerprint density at radius 1 is 1.05 bits per heavy atom. The van der Waals surface area contributed by atoms with Gasteiger partial charge in [0.05, 0.1) is 23.1 Å². The maximum atomic E-state index is 5.29. The summed E-state index contributed by atoms with van der Waals surface area (Å²) in [7, 11) is 0. The van der Waals surface area contributed by atoms with E-state index in [-0.39, 0.29) is 0 Å². The smallest absolute Gasteiger partial charge is 0.141 e. The van der Waals surface area contributed by atoms with Crippen LogP contribution in [0, 0.1) is 13.8 Å². The molecule has 0 saturated heterocycles. The number of nitrogens with zero attached hydrogens (tertiary/aromatic N) is 4. The summed E-state index contributed by atoms with van der Waals surface area (Å²) in [5.74, 6) is 0.798. The molecule has 108 valence electrons. The summed E-state index contributed by atoms with van der Waals surface area (Å²) >= 11 is 0. The van der Waals surface area contributed by atoms with Crippen molar-refractivity contribution >= 4 is 11.0 Å². The molecule has 0 fully saturated rings. The third-order valence-corrected chi connectivity index (χ3v) is 3.72. The Kier molecular flexibility index (Phi) is 2.75. The molecule has 3 heterocycles. The molecule has 3 aromatic heterocycles. The molecule has 0 aliphatic heterocycles. The van der Waals surface area contributed by atoms with Gasteiger partial charge in [-0.15, -0.1) is 0 Å². The van der Waals surface area contributed by atoms with Crippen LogP contribution in [0.5, 0.6) is 0 Å². The van der Waals surface area contributed by atoms with E-state index in [1.807, 2.05) is 13.8 Å². The van der Waals surface area contributed by atoms with Crippen molar-refractivity contribution in [1.29, 1.82) is 0 Å². The molecule has 0 bridgehead atoms. The van der Waals surface area contributed by atoms with Crippen molar-refractivity contribution in [3.05, 3.63) is 48.6 Å². The first kappa shape index (κ1) is 12.7. The van der Waals surface area contributed by atoms with Crippen LogP contribution in [0.1, 0.15) is 11.5 Å². The highest BCUT2D eigenvalue weighted by atomic mass is 16.5. The molecule has 0 atom stereocenters. The molecule has 4 aromatic rings. The first-order valence-electron chi connectivity index (χ1n) is 6.90. The molecule has 0 radical (unpaired) electrons. The van der Waals surface area contributed by atoms with E-state index in [1.165, 1.54) is 6.33 Å². The first-order chi connectivity index (χ1) is 10.7. The van der Waals surface area contributed by atoms with Gasteiger partial charge in [0.25, 0.3) is 0 Å². The number of H-pyrrole nitrogens is 1. The summed E-state index contributed by atoms with van der Waals surface area (Å²) in [6.07, 6.45) is 6.78. The Balaban J connectivity index is 2.03. The minimum atomic E-state index is 0.798. The lowest BCUT2D eigenvalue weighted by molar-refractivity contribution is 0.393. The van der Waals surface area contributed by atoms with Crippen molar-refractivity contribution in [2.75, 3.05) is 0 Å². The molecule has 0 saturated carbocycles. The zero-order valence-electron chi connectivity index (χ0n) is 12.2. The van der Waals surface area contributed by atoms with E-state index in [9.17, 15) is 0 Å². The van der Waals surface area contributed by atoms with Crippen LogP contribution < -0.4 is 0 Å². The van der Waals surface area contributed by atoms with Crippen molar-refractivity contribution in [3.8, 4) is 22.3 Å². The van der Waals surface area contributed by atoms with Gasteiger partial charge in [0.2, 0.25) is 0 Å². The lowest BCUT2D eigenvalue weighted by Crippen LogP contribution is -1.88. The quantitative estimate of drug-likeness (QED) is 0.613. The predicted molar refractivity (Wildman–Crippen MR) is 82.1 cm³/mol. The van der Waals surface area contributed by atoms with E-state index in [4.69, 9.17) is 4.52 Å². The lowest BCUT2D eigenvalue weighted by atomic mass is 9.98. The highest BCUT2D eigenvalue weighted by molar-refractivity contribution is 5.95. The first-order valence-corrected chi connectivity index (χ1v) is 6.90. The van der Waals surface area contributed by atoms with Gasteiger partial charge in [-0.2, -0.15) is 0 Å². The van der Waals surface area contributed by atoms with Crippen molar-refractivity contribution in [2.24, 2.45) is 0 Å². The maximum Gasteiger partial charge on any atom is 0.141 e. The molecule has 0 amide bonds. The van der Waals surface area contributed by atoms with Gasteiger partial charge in [0, 0.05) is 29.1 Å². The van der Waals surface area contributed by atoms with Crippen molar-refractivity contribution in [2.45, 2.75) is 13.8 Å². The van der Waals surface area contributed by atoms with Gasteiger partial charge in [-0.3, -0.25) is 0 Å². The number of nitrogens with one attached hydrogen (secondary N) is 1. The van der Waals surface area contributed by atoms with Gasteiger partial charge < -0.3 is 9.51 Å². The van der Waals surface area contributed by atoms with Crippen LogP contribution in [0.15, 0.2) is 41.7 Å². The fourth-order valence-corrected chi connectivity index (χ4v) is 2.75. The molecule has 0 spiro atoms. The molecule has 6 heteroatoms. The Hall–Kier alpha value is -3.02. The number of aryl methyl sites for hydroxylation is 2. The second-order valence-electron chi connectivity index (χ2n) is 5.15. The minimum absolute atomic E-state index is 0.798. The molecule has 0 aliphatic carbocycles. The third-order valence-electron chi connectivity index (χ3n) is 3.72. The summed E-state index contributed by atoms with van der Waals surface area (Å²) in [5, 5.41) is 4.04. The SMILES string of the molecule is Cc1noc(C)c1-c1cc(-c2cncnc2)c2nc[nH]c2c1. The van der Waals surface area contributed by atoms with Crippen LogP contribution in [-0.4, -0.2) is 25.1 Å². The monoisotopic (exact) mass is 291 g/mol. The van der Waals surface area contributed by atoms with E-state index < -0.39 is 0 Å². The molecule has 22 heavy (non-hydrogen) atoms. The average Bonchev–Trinajstić information content (AvgIpc) is 3.13. The third kappa shape index (κ3) is 1.88. The summed E-state index contributed by atoms with van der Waals surface area (Å²) in [4.78, 5) is 15.8. The molecule has 4 rings (SSSR count). The van der Waals surface area contributed by atoms with Gasteiger partial charge >= 0.3 is 0 Å². The molecule has 0 aliphatic rings. The molecule has 1 N–H and O–H groups in total. The van der Waals surface area contributed by atoms with Gasteiger partial charge in [-0.05, 0) is 31.5 Å². The Bertz CT molecular complexity index is 936. The average molecular weight is 291 g/mol. The second kappa shape index (κ2) is 4.77. The van der Waals surface area contributed by atoms with Gasteiger partial charge in [-0.1, -0.05) is 5.16 Å². The standard InChI is InChI=1S/C16H13N5O/c1-9-15(10(2)22-21-9)11-3-13(12-5-17-7-18-6-12)16-14(4-11)19-8-20-16/h3-8H,1-2H3,(H,19,20). The number of benzene rings is 1. The number of hydrogen-bond donors (Lipinski definition) is 1. The van der Waals surface area contributed by atoms with Gasteiger partial charge in [-0.25, -0.2) is 15.0 Å². The Labute approximate surface area is 126 Å². The normalized spacial score (nSPS) is 11.2. The van der Waals surface area contributed by atoms with E-state index in [2.05, 4.69) is 37.2 Å². The van der Waals surface area contributed by atoms with E-state index in [0.717, 1.165) is 44.7 Å². The number of rotatable bonds is 2. The summed E-state index contributed by atoms with van der Waals surface area (Å²) < 4.78 is 5.29. The Morgan fingerprint density at radius 2 is 1.86 bits per heavy atom. The maximum absolute atomic E-state index is 5.29. The van der Waals surface area contributed by atoms with Gasteiger partial charge in [0.15, 0.2) is 0 Å². The lowest BCUT2D eigenvalue weighted by Gasteiger charge is -2.06. The van der Waals surface area contributed by atoms with Crippen LogP contribution >= 0.6 is 0 Å². The zero-order valence-corrected chi connectivity index (χ0v) is 12.2. The summed E-state index contributed by atoms with van der Waals surface area (Å²) in [6, 6.07) is 4.14. The largest absolute Gasteiger partial charge is 0.361 e. The predicted octanol–water partition coefficient (Wildman–Crippen LogP) is 3.29. The van der Waals surface area contributed by atoms with E-state index in [0.29, 0.717) is 0 Å². The van der Waals surface area contributed by atoms with E-state index >= 15 is 0 Å². The topological polar surface area (TPSA) is 80.5 Å². The Morgan fingerprint density at radius 3 is 2.59 bits per heavy atom. The molecular formula is C16H13N5O. The fourth-order valence-electron chi connectivity index (χ4n) is 2.75. The fraction of sp³-hybridized carbons (Fsp3) is 0.125. The zero-order chi connectivity index (χ0) is 15.1. The molecule has 0 unspecified atom stereocenters. The van der Waals surface area contributed by atoms with Gasteiger partial charge in [0.1, 0.15) is 12.1 Å². The molecule has 6 nitrogen and oxygen atoms in total. The number of aromatic amines is 1. The number of aromatic nitrogens is 5. The van der Waals surface area contributed by atoms with Crippen LogP contribution in [-0.2, 0) is 0 Å². The summed E-state index contributed by atoms with van der Waals surface area (Å²) in [6.45, 7) is 3.85. The summed E-state index contributed by atoms with van der Waals surface area (Å²) in [5.41, 5.74) is 6.66. The number of imidazole rings is 1. The molecule has 1 aromatic carbocycles. The molecular weight excluding hydrogens is 278 g/mol. The van der Waals surface area contributed by atoms with Crippen molar-refractivity contribution in [3.63, 3.8) is 0 Å². The van der Waals surface area contributed by atoms with Crippen molar-refractivity contribution in [1.82, 2.24) is 25.1 Å². The number of fused-ring (bicyclic) bond motifs is 1.